The van der Waals surface area contributed by atoms with Crippen LogP contribution in [0.25, 0.3) is 0 Å². The molecule has 0 aliphatic carbocycles. The summed E-state index contributed by atoms with van der Waals surface area (Å²) in [5.41, 5.74) is 2.32. The van der Waals surface area contributed by atoms with Gasteiger partial charge in [-0.2, -0.15) is 0 Å². The van der Waals surface area contributed by atoms with Crippen molar-refractivity contribution in [1.29, 1.82) is 0 Å². The molecule has 0 unspecified atom stereocenters. The minimum Gasteiger partial charge on any atom is -0.304 e. The minimum absolute atomic E-state index is 0.909. The normalized spacial score (nSPS) is 20.4. The number of nitrogens with zero attached hydrogens (tertiary/aromatic N) is 4. The maximum atomic E-state index is 4.79. The van der Waals surface area contributed by atoms with E-state index in [2.05, 4.69) is 81.2 Å². The lowest BCUT2D eigenvalue weighted by Gasteiger charge is -2.26. The Morgan fingerprint density at radius 2 is 1.45 bits per heavy atom. The van der Waals surface area contributed by atoms with Gasteiger partial charge in [-0.3, -0.25) is 4.98 Å². The topological polar surface area (TPSA) is 22.6 Å². The van der Waals surface area contributed by atoms with Crippen LogP contribution in [-0.4, -0.2) is 51.7 Å². The fourth-order valence-electron chi connectivity index (χ4n) is 2.02. The number of hydrogen-bond donors (Lipinski definition) is 0. The van der Waals surface area contributed by atoms with Gasteiger partial charge >= 0.3 is 0 Å². The van der Waals surface area contributed by atoms with Crippen molar-refractivity contribution in [3.8, 4) is 0 Å². The predicted octanol–water partition coefficient (Wildman–Crippen LogP) is 3.63. The van der Waals surface area contributed by atoms with E-state index in [1.54, 1.807) is 18.2 Å². The Hall–Kier alpha value is 1.19. The molecule has 0 aromatic carbocycles. The monoisotopic (exact) mass is 536 g/mol. The number of hydrogen-bond acceptors (Lipinski definition) is 6. The van der Waals surface area contributed by atoms with Gasteiger partial charge in [0.2, 0.25) is 0 Å². The molecule has 0 atom stereocenters. The molecule has 1 aliphatic rings. The predicted molar refractivity (Wildman–Crippen MR) is 106 cm³/mol. The van der Waals surface area contributed by atoms with Crippen LogP contribution in [0.3, 0.4) is 0 Å². The molecule has 0 saturated heterocycles. The molecular weight excluding hydrogens is 518 g/mol. The molecular formula is C12H18I2N4S2. The van der Waals surface area contributed by atoms with Gasteiger partial charge in [-0.1, -0.05) is 6.07 Å². The fourth-order valence-corrected chi connectivity index (χ4v) is 4.70. The maximum Gasteiger partial charge on any atom is 0.0557 e. The van der Waals surface area contributed by atoms with E-state index in [1.165, 1.54) is 0 Å². The summed E-state index contributed by atoms with van der Waals surface area (Å²) in [6, 6.07) is 6.38. The van der Waals surface area contributed by atoms with Gasteiger partial charge < -0.3 is 4.90 Å². The molecule has 0 N–H and O–H groups in total. The van der Waals surface area contributed by atoms with Gasteiger partial charge in [-0.05, 0) is 37.4 Å². The van der Waals surface area contributed by atoms with Crippen LogP contribution < -0.4 is 0 Å². The van der Waals surface area contributed by atoms with Gasteiger partial charge in [0.05, 0.1) is 24.5 Å². The van der Waals surface area contributed by atoms with Crippen LogP contribution >= 0.6 is 60.6 Å². The maximum absolute atomic E-state index is 4.79. The molecule has 2 heterocycles. The number of fused-ring (bicyclic) bond motifs is 2. The van der Waals surface area contributed by atoms with Crippen molar-refractivity contribution in [3.05, 3.63) is 29.6 Å². The van der Waals surface area contributed by atoms with Crippen molar-refractivity contribution in [2.45, 2.75) is 13.1 Å². The average Bonchev–Trinajstić information content (AvgIpc) is 2.47. The highest BCUT2D eigenvalue weighted by Gasteiger charge is 2.13. The first-order chi connectivity index (χ1) is 9.71. The van der Waals surface area contributed by atoms with E-state index in [4.69, 9.17) is 4.98 Å². The highest BCUT2D eigenvalue weighted by Crippen LogP contribution is 2.23. The summed E-state index contributed by atoms with van der Waals surface area (Å²) in [5, 5.41) is 0. The Balaban J connectivity index is 2.16. The number of halogens is 2. The zero-order valence-electron chi connectivity index (χ0n) is 11.3. The van der Waals surface area contributed by atoms with E-state index >= 15 is 0 Å². The van der Waals surface area contributed by atoms with Gasteiger partial charge in [0, 0.05) is 68.6 Å². The van der Waals surface area contributed by atoms with Crippen molar-refractivity contribution in [2.75, 3.05) is 33.2 Å². The number of aromatic nitrogens is 1. The average molecular weight is 536 g/mol. The molecule has 2 bridgehead atoms. The van der Waals surface area contributed by atoms with E-state index < -0.39 is 0 Å². The number of rotatable bonds is 2. The molecule has 20 heavy (non-hydrogen) atoms. The summed E-state index contributed by atoms with van der Waals surface area (Å²) in [6.45, 7) is 6.13. The zero-order chi connectivity index (χ0) is 14.4. The summed E-state index contributed by atoms with van der Waals surface area (Å²) < 4.78 is 4.74. The van der Waals surface area contributed by atoms with Crippen molar-refractivity contribution in [1.82, 2.24) is 18.5 Å². The van der Waals surface area contributed by atoms with Crippen LogP contribution in [0.15, 0.2) is 18.2 Å². The largest absolute Gasteiger partial charge is 0.304 e. The Morgan fingerprint density at radius 3 is 1.90 bits per heavy atom. The molecule has 0 amide bonds. The second-order valence-corrected chi connectivity index (χ2v) is 8.46. The van der Waals surface area contributed by atoms with Gasteiger partial charge in [0.25, 0.3) is 0 Å². The van der Waals surface area contributed by atoms with Crippen molar-refractivity contribution >= 4 is 60.6 Å². The molecule has 1 aliphatic heterocycles. The third-order valence-corrected chi connectivity index (χ3v) is 7.55. The molecule has 4 nitrogen and oxygen atoms in total. The zero-order valence-corrected chi connectivity index (χ0v) is 17.3. The Kier molecular flexibility index (Phi) is 8.21. The Bertz CT molecular complexity index is 391. The lowest BCUT2D eigenvalue weighted by Crippen LogP contribution is -2.34. The van der Waals surface area contributed by atoms with Crippen LogP contribution in [0.1, 0.15) is 11.4 Å². The molecule has 112 valence electrons. The van der Waals surface area contributed by atoms with Gasteiger partial charge in [-0.25, -0.2) is 8.61 Å². The number of likely N-dealkylation sites (N-methyl/N-ethyl adjacent to an activating group) is 1. The lowest BCUT2D eigenvalue weighted by atomic mass is 10.3. The van der Waals surface area contributed by atoms with E-state index in [-0.39, 0.29) is 0 Å². The number of pyridine rings is 1. The molecule has 0 fully saturated rings. The summed E-state index contributed by atoms with van der Waals surface area (Å²) >= 11 is 4.72. The molecule has 0 saturated carbocycles. The fraction of sp³-hybridized carbons (Fsp3) is 0.583. The van der Waals surface area contributed by atoms with Crippen molar-refractivity contribution in [2.24, 2.45) is 0 Å². The van der Waals surface area contributed by atoms with Crippen molar-refractivity contribution < 1.29 is 0 Å². The highest BCUT2D eigenvalue weighted by atomic mass is 127. The molecule has 0 spiro atoms. The third kappa shape index (κ3) is 5.76. The first-order valence-corrected chi connectivity index (χ1v) is 13.0. The van der Waals surface area contributed by atoms with Crippen molar-refractivity contribution in [3.63, 3.8) is 0 Å². The van der Waals surface area contributed by atoms with E-state index in [1.807, 2.05) is 0 Å². The highest BCUT2D eigenvalue weighted by molar-refractivity contribution is 14.2. The Labute approximate surface area is 153 Å². The molecule has 1 aromatic rings. The van der Waals surface area contributed by atoms with Gasteiger partial charge in [0.1, 0.15) is 0 Å². The summed E-state index contributed by atoms with van der Waals surface area (Å²) in [6.07, 6.45) is 0. The standard InChI is InChI=1S/C12H18I2N4S2/c1-16-5-7-17(19-13)9-11-3-2-4-12(15-11)10-18(20-14)8-6-16/h2-4H,5-10H2,1H3. The summed E-state index contributed by atoms with van der Waals surface area (Å²) in [7, 11) is 5.75. The molecule has 0 radical (unpaired) electrons. The van der Waals surface area contributed by atoms with Crippen LogP contribution in [0, 0.1) is 0 Å². The molecule has 8 heteroatoms. The third-order valence-electron chi connectivity index (χ3n) is 3.20. The summed E-state index contributed by atoms with van der Waals surface area (Å²) in [4.78, 5) is 7.20. The van der Waals surface area contributed by atoms with E-state index in [0.717, 1.165) is 50.7 Å². The second kappa shape index (κ2) is 9.36. The quantitative estimate of drug-likeness (QED) is 0.423. The van der Waals surface area contributed by atoms with Crippen LogP contribution in [0.2, 0.25) is 0 Å². The van der Waals surface area contributed by atoms with Crippen LogP contribution in [-0.2, 0) is 13.1 Å². The molecule has 2 rings (SSSR count). The first kappa shape index (κ1) is 17.5. The van der Waals surface area contributed by atoms with Gasteiger partial charge in [0.15, 0.2) is 0 Å². The minimum atomic E-state index is 0.909. The summed E-state index contributed by atoms with van der Waals surface area (Å²) in [5.74, 6) is 0. The first-order valence-electron chi connectivity index (χ1n) is 6.42. The SMILES string of the molecule is CN1CCN(SI)Cc2cccc(n2)CN(SI)CC1. The lowest BCUT2D eigenvalue weighted by molar-refractivity contribution is 0.275. The second-order valence-electron chi connectivity index (χ2n) is 4.79. The smallest absolute Gasteiger partial charge is 0.0557 e. The molecule has 1 aromatic heterocycles. The van der Waals surface area contributed by atoms with Crippen LogP contribution in [0.5, 0.6) is 0 Å². The Morgan fingerprint density at radius 1 is 0.950 bits per heavy atom. The van der Waals surface area contributed by atoms with Gasteiger partial charge in [-0.15, -0.1) is 0 Å². The van der Waals surface area contributed by atoms with Crippen LogP contribution in [0.4, 0.5) is 0 Å². The van der Waals surface area contributed by atoms with E-state index in [9.17, 15) is 0 Å². The van der Waals surface area contributed by atoms with E-state index in [0.29, 0.717) is 0 Å².